The Balaban J connectivity index is 0.000000151. The Bertz CT molecular complexity index is 330. The number of allylic oxidation sites excluding steroid dienone is 1. The summed E-state index contributed by atoms with van der Waals surface area (Å²) < 4.78 is 0. The molecule has 5 heteroatoms. The Kier molecular flexibility index (Phi) is 4.28. The van der Waals surface area contributed by atoms with E-state index in [0.717, 1.165) is 12.2 Å². The second-order valence-electron chi connectivity index (χ2n) is 3.00. The van der Waals surface area contributed by atoms with E-state index >= 15 is 0 Å². The molecule has 1 aromatic rings. The van der Waals surface area contributed by atoms with Crippen LogP contribution < -0.4 is 5.32 Å². The number of hydrogen-bond acceptors (Lipinski definition) is 3. The number of rotatable bonds is 2. The van der Waals surface area contributed by atoms with E-state index in [1.807, 2.05) is 6.08 Å². The molecule has 0 radical (unpaired) electrons. The lowest BCUT2D eigenvalue weighted by molar-refractivity contribution is -0.124. The van der Waals surface area contributed by atoms with Crippen molar-refractivity contribution in [3.63, 3.8) is 0 Å². The fourth-order valence-electron chi connectivity index (χ4n) is 1.05. The van der Waals surface area contributed by atoms with Crippen LogP contribution in [0.15, 0.2) is 25.0 Å². The second-order valence-corrected chi connectivity index (χ2v) is 3.00. The van der Waals surface area contributed by atoms with Crippen LogP contribution in [-0.4, -0.2) is 21.8 Å². The van der Waals surface area contributed by atoms with Gasteiger partial charge in [-0.3, -0.25) is 14.9 Å². The molecule has 2 amide bonds. The van der Waals surface area contributed by atoms with E-state index in [-0.39, 0.29) is 11.8 Å². The summed E-state index contributed by atoms with van der Waals surface area (Å²) in [5.41, 5.74) is 0. The highest BCUT2D eigenvalue weighted by Gasteiger charge is 2.15. The van der Waals surface area contributed by atoms with Crippen molar-refractivity contribution in [2.24, 2.45) is 0 Å². The summed E-state index contributed by atoms with van der Waals surface area (Å²) >= 11 is 0. The third kappa shape index (κ3) is 4.21. The highest BCUT2D eigenvalue weighted by molar-refractivity contribution is 6.01. The number of aromatic amines is 1. The number of nitrogens with zero attached hydrogens (tertiary/aromatic N) is 1. The lowest BCUT2D eigenvalue weighted by Gasteiger charge is -1.82. The van der Waals surface area contributed by atoms with E-state index in [9.17, 15) is 9.59 Å². The van der Waals surface area contributed by atoms with Crippen LogP contribution in [0.25, 0.3) is 0 Å². The standard InChI is InChI=1S/C6H8N2.C4H5NO2/c1-2-3-6-7-4-5-8-6;6-3-1-2-4(7)5-3/h2,4-5H,1,3H2,(H,7,8);1-2H2,(H,5,6,7). The van der Waals surface area contributed by atoms with Crippen LogP contribution in [0.4, 0.5) is 0 Å². The van der Waals surface area contributed by atoms with E-state index in [1.165, 1.54) is 0 Å². The molecule has 80 valence electrons. The van der Waals surface area contributed by atoms with Gasteiger partial charge in [-0.1, -0.05) is 6.08 Å². The summed E-state index contributed by atoms with van der Waals surface area (Å²) in [4.78, 5) is 27.2. The van der Waals surface area contributed by atoms with Gasteiger partial charge in [-0.15, -0.1) is 6.58 Å². The lowest BCUT2D eigenvalue weighted by atomic mass is 10.4. The molecule has 2 N–H and O–H groups in total. The summed E-state index contributed by atoms with van der Waals surface area (Å²) in [5, 5.41) is 2.14. The molecule has 0 aliphatic carbocycles. The predicted octanol–water partition coefficient (Wildman–Crippen LogP) is 0.561. The molecule has 2 heterocycles. The van der Waals surface area contributed by atoms with Crippen molar-refractivity contribution >= 4 is 11.8 Å². The molecule has 0 bridgehead atoms. The van der Waals surface area contributed by atoms with Crippen molar-refractivity contribution in [1.29, 1.82) is 0 Å². The average Bonchev–Trinajstić information content (AvgIpc) is 2.80. The highest BCUT2D eigenvalue weighted by Crippen LogP contribution is 1.95. The Hall–Kier alpha value is -1.91. The first-order valence-electron chi connectivity index (χ1n) is 4.64. The van der Waals surface area contributed by atoms with Gasteiger partial charge in [0.25, 0.3) is 0 Å². The molecule has 0 aromatic carbocycles. The molecule has 1 aromatic heterocycles. The quantitative estimate of drug-likeness (QED) is 0.549. The van der Waals surface area contributed by atoms with Crippen molar-refractivity contribution in [2.75, 3.05) is 0 Å². The number of aromatic nitrogens is 2. The van der Waals surface area contributed by atoms with Crippen LogP contribution >= 0.6 is 0 Å². The molecular weight excluding hydrogens is 194 g/mol. The van der Waals surface area contributed by atoms with Gasteiger partial charge in [-0.25, -0.2) is 4.98 Å². The third-order valence-electron chi connectivity index (χ3n) is 1.75. The van der Waals surface area contributed by atoms with Crippen molar-refractivity contribution < 1.29 is 9.59 Å². The zero-order valence-electron chi connectivity index (χ0n) is 8.32. The molecule has 0 atom stereocenters. The van der Waals surface area contributed by atoms with Crippen LogP contribution in [0.1, 0.15) is 18.7 Å². The topological polar surface area (TPSA) is 74.8 Å². The van der Waals surface area contributed by atoms with Crippen LogP contribution in [0, 0.1) is 0 Å². The minimum atomic E-state index is -0.148. The normalized spacial score (nSPS) is 14.1. The van der Waals surface area contributed by atoms with Gasteiger partial charge < -0.3 is 4.98 Å². The molecular formula is C10H13N3O2. The maximum atomic E-state index is 10.1. The first kappa shape index (κ1) is 11.2. The molecule has 0 spiro atoms. The number of carbonyl (C=O) groups excluding carboxylic acids is 2. The van der Waals surface area contributed by atoms with Crippen LogP contribution in [-0.2, 0) is 16.0 Å². The molecule has 1 aliphatic rings. The van der Waals surface area contributed by atoms with Crippen LogP contribution in [0.5, 0.6) is 0 Å². The zero-order valence-corrected chi connectivity index (χ0v) is 8.32. The minimum Gasteiger partial charge on any atom is -0.348 e. The van der Waals surface area contributed by atoms with Gasteiger partial charge in [0.2, 0.25) is 11.8 Å². The Morgan fingerprint density at radius 1 is 1.40 bits per heavy atom. The van der Waals surface area contributed by atoms with Gasteiger partial charge in [0.15, 0.2) is 0 Å². The first-order valence-corrected chi connectivity index (χ1v) is 4.64. The molecule has 0 saturated carbocycles. The largest absolute Gasteiger partial charge is 0.348 e. The average molecular weight is 207 g/mol. The van der Waals surface area contributed by atoms with Gasteiger partial charge in [0, 0.05) is 31.7 Å². The van der Waals surface area contributed by atoms with Crippen LogP contribution in [0.3, 0.4) is 0 Å². The van der Waals surface area contributed by atoms with E-state index in [0.29, 0.717) is 12.8 Å². The Morgan fingerprint density at radius 2 is 2.07 bits per heavy atom. The molecule has 1 aliphatic heterocycles. The third-order valence-corrected chi connectivity index (χ3v) is 1.75. The van der Waals surface area contributed by atoms with E-state index in [2.05, 4.69) is 21.9 Å². The van der Waals surface area contributed by atoms with Crippen molar-refractivity contribution in [3.05, 3.63) is 30.9 Å². The number of amides is 2. The highest BCUT2D eigenvalue weighted by atomic mass is 16.2. The summed E-state index contributed by atoms with van der Waals surface area (Å²) in [5.74, 6) is 0.676. The molecule has 1 saturated heterocycles. The van der Waals surface area contributed by atoms with Crippen molar-refractivity contribution in [2.45, 2.75) is 19.3 Å². The molecule has 2 rings (SSSR count). The number of imide groups is 1. The van der Waals surface area contributed by atoms with Crippen LogP contribution in [0.2, 0.25) is 0 Å². The number of carbonyl (C=O) groups is 2. The maximum Gasteiger partial charge on any atom is 0.227 e. The SMILES string of the molecule is C=CCc1ncc[nH]1.O=C1CCC(=O)N1. The van der Waals surface area contributed by atoms with Gasteiger partial charge in [0.05, 0.1) is 0 Å². The summed E-state index contributed by atoms with van der Waals surface area (Å²) in [6.45, 7) is 3.58. The summed E-state index contributed by atoms with van der Waals surface area (Å²) in [6, 6.07) is 0. The lowest BCUT2D eigenvalue weighted by Crippen LogP contribution is -2.18. The van der Waals surface area contributed by atoms with E-state index in [4.69, 9.17) is 0 Å². The van der Waals surface area contributed by atoms with Crippen molar-refractivity contribution in [3.8, 4) is 0 Å². The number of hydrogen-bond donors (Lipinski definition) is 2. The second kappa shape index (κ2) is 5.74. The van der Waals surface area contributed by atoms with Crippen molar-refractivity contribution in [1.82, 2.24) is 15.3 Å². The monoisotopic (exact) mass is 207 g/mol. The Morgan fingerprint density at radius 3 is 2.40 bits per heavy atom. The smallest absolute Gasteiger partial charge is 0.227 e. The molecule has 5 nitrogen and oxygen atoms in total. The van der Waals surface area contributed by atoms with E-state index in [1.54, 1.807) is 12.4 Å². The molecule has 0 unspecified atom stereocenters. The fourth-order valence-corrected chi connectivity index (χ4v) is 1.05. The summed E-state index contributed by atoms with van der Waals surface area (Å²) in [7, 11) is 0. The molecule has 1 fully saturated rings. The van der Waals surface area contributed by atoms with Gasteiger partial charge >= 0.3 is 0 Å². The minimum absolute atomic E-state index is 0.148. The maximum absolute atomic E-state index is 10.1. The van der Waals surface area contributed by atoms with E-state index < -0.39 is 0 Å². The zero-order chi connectivity index (χ0) is 11.1. The fraction of sp³-hybridized carbons (Fsp3) is 0.300. The first-order chi connectivity index (χ1) is 7.22. The van der Waals surface area contributed by atoms with Gasteiger partial charge in [-0.2, -0.15) is 0 Å². The number of imidazole rings is 1. The number of nitrogens with one attached hydrogen (secondary N) is 2. The summed E-state index contributed by atoms with van der Waals surface area (Å²) in [6.07, 6.45) is 6.93. The number of H-pyrrole nitrogens is 1. The predicted molar refractivity (Wildman–Crippen MR) is 54.9 cm³/mol. The Labute approximate surface area is 87.6 Å². The van der Waals surface area contributed by atoms with Gasteiger partial charge in [0.1, 0.15) is 5.82 Å². The van der Waals surface area contributed by atoms with Gasteiger partial charge in [-0.05, 0) is 0 Å². The molecule has 15 heavy (non-hydrogen) atoms.